The molecule has 1 N–H and O–H groups in total. The van der Waals surface area contributed by atoms with E-state index in [0.29, 0.717) is 16.6 Å². The summed E-state index contributed by atoms with van der Waals surface area (Å²) in [5.41, 5.74) is 0.982. The van der Waals surface area contributed by atoms with Crippen LogP contribution in [0.25, 0.3) is 21.5 Å². The van der Waals surface area contributed by atoms with E-state index in [9.17, 15) is 14.3 Å². The van der Waals surface area contributed by atoms with E-state index in [0.717, 1.165) is 9.35 Å². The second-order valence-electron chi connectivity index (χ2n) is 4.15. The molecule has 0 aliphatic heterocycles. The van der Waals surface area contributed by atoms with Crippen molar-refractivity contribution in [1.29, 1.82) is 0 Å². The molecule has 0 aliphatic carbocycles. The highest BCUT2D eigenvalue weighted by Gasteiger charge is 2.14. The van der Waals surface area contributed by atoms with Crippen molar-refractivity contribution in [3.8, 4) is 10.6 Å². The Morgan fingerprint density at radius 2 is 2.10 bits per heavy atom. The zero-order valence-corrected chi connectivity index (χ0v) is 12.3. The molecule has 0 amide bonds. The molecule has 3 nitrogen and oxygen atoms in total. The minimum Gasteiger partial charge on any atom is -0.478 e. The van der Waals surface area contributed by atoms with Crippen LogP contribution >= 0.6 is 27.3 Å². The van der Waals surface area contributed by atoms with Crippen molar-refractivity contribution >= 4 is 44.1 Å². The molecule has 100 valence electrons. The molecule has 3 aromatic rings. The van der Waals surface area contributed by atoms with Crippen molar-refractivity contribution in [2.75, 3.05) is 0 Å². The van der Waals surface area contributed by atoms with Gasteiger partial charge in [-0.2, -0.15) is 0 Å². The summed E-state index contributed by atoms with van der Waals surface area (Å²) in [6.07, 6.45) is 0. The molecule has 2 aromatic heterocycles. The topological polar surface area (TPSA) is 50.2 Å². The van der Waals surface area contributed by atoms with Gasteiger partial charge in [-0.3, -0.25) is 0 Å². The number of halogens is 2. The molecule has 0 bridgehead atoms. The van der Waals surface area contributed by atoms with Crippen LogP contribution in [0.5, 0.6) is 0 Å². The Hall–Kier alpha value is -1.79. The van der Waals surface area contributed by atoms with Crippen LogP contribution < -0.4 is 0 Å². The van der Waals surface area contributed by atoms with Crippen molar-refractivity contribution in [3.63, 3.8) is 0 Å². The first-order chi connectivity index (χ1) is 9.54. The predicted octanol–water partition coefficient (Wildman–Crippen LogP) is 4.56. The fourth-order valence-electron chi connectivity index (χ4n) is 1.95. The van der Waals surface area contributed by atoms with Crippen LogP contribution in [0.15, 0.2) is 40.2 Å². The zero-order valence-electron chi connectivity index (χ0n) is 9.93. The number of benzene rings is 1. The van der Waals surface area contributed by atoms with Gasteiger partial charge in [0.25, 0.3) is 0 Å². The summed E-state index contributed by atoms with van der Waals surface area (Å²) in [6, 6.07) is 7.28. The van der Waals surface area contributed by atoms with Gasteiger partial charge in [0.2, 0.25) is 0 Å². The quantitative estimate of drug-likeness (QED) is 0.735. The Morgan fingerprint density at radius 1 is 1.30 bits per heavy atom. The standard InChI is InChI=1S/C14H7BrFNO2S/c15-7-3-13(20-6-7)12-5-10(14(18)19)9-2-1-8(16)4-11(9)17-12/h1-6H,(H,18,19). The van der Waals surface area contributed by atoms with Crippen molar-refractivity contribution < 1.29 is 14.3 Å². The third kappa shape index (κ3) is 2.32. The third-order valence-corrected chi connectivity index (χ3v) is 4.54. The fraction of sp³-hybridized carbons (Fsp3) is 0. The number of thiophene rings is 1. The smallest absolute Gasteiger partial charge is 0.336 e. The molecule has 6 heteroatoms. The van der Waals surface area contributed by atoms with E-state index >= 15 is 0 Å². The Morgan fingerprint density at radius 3 is 2.75 bits per heavy atom. The number of carbonyl (C=O) groups is 1. The lowest BCUT2D eigenvalue weighted by atomic mass is 10.1. The van der Waals surface area contributed by atoms with Crippen molar-refractivity contribution in [3.05, 3.63) is 51.6 Å². The molecule has 0 fully saturated rings. The minimum absolute atomic E-state index is 0.120. The normalized spacial score (nSPS) is 10.9. The minimum atomic E-state index is -1.05. The summed E-state index contributed by atoms with van der Waals surface area (Å²) >= 11 is 4.78. The molecule has 0 aliphatic rings. The van der Waals surface area contributed by atoms with E-state index in [1.165, 1.54) is 35.6 Å². The summed E-state index contributed by atoms with van der Waals surface area (Å²) in [5.74, 6) is -1.49. The van der Waals surface area contributed by atoms with E-state index < -0.39 is 11.8 Å². The lowest BCUT2D eigenvalue weighted by molar-refractivity contribution is 0.0699. The number of rotatable bonds is 2. The van der Waals surface area contributed by atoms with Crippen LogP contribution in [0.1, 0.15) is 10.4 Å². The molecule has 0 saturated carbocycles. The van der Waals surface area contributed by atoms with Crippen LogP contribution in [0, 0.1) is 5.82 Å². The maximum Gasteiger partial charge on any atom is 0.336 e. The first-order valence-corrected chi connectivity index (χ1v) is 7.30. The van der Waals surface area contributed by atoms with E-state index in [-0.39, 0.29) is 5.56 Å². The molecule has 0 spiro atoms. The number of carboxylic acids is 1. The molecule has 20 heavy (non-hydrogen) atoms. The number of hydrogen-bond acceptors (Lipinski definition) is 3. The molecular formula is C14H7BrFNO2S. The van der Waals surface area contributed by atoms with Crippen LogP contribution in [-0.2, 0) is 0 Å². The highest BCUT2D eigenvalue weighted by molar-refractivity contribution is 9.10. The lowest BCUT2D eigenvalue weighted by Crippen LogP contribution is -2.00. The van der Waals surface area contributed by atoms with Crippen molar-refractivity contribution in [2.24, 2.45) is 0 Å². The maximum atomic E-state index is 13.3. The van der Waals surface area contributed by atoms with Gasteiger partial charge < -0.3 is 5.11 Å². The summed E-state index contributed by atoms with van der Waals surface area (Å²) in [4.78, 5) is 16.5. The first kappa shape index (κ1) is 13.2. The lowest BCUT2D eigenvalue weighted by Gasteiger charge is -2.05. The Bertz CT molecular complexity index is 831. The van der Waals surface area contributed by atoms with Crippen LogP contribution in [0.2, 0.25) is 0 Å². The number of nitrogens with zero attached hydrogens (tertiary/aromatic N) is 1. The second-order valence-corrected chi connectivity index (χ2v) is 5.98. The Balaban J connectivity index is 2.32. The monoisotopic (exact) mass is 351 g/mol. The number of pyridine rings is 1. The van der Waals surface area contributed by atoms with Crippen LogP contribution in [0.4, 0.5) is 4.39 Å². The van der Waals surface area contributed by atoms with Gasteiger partial charge in [0.05, 0.1) is 21.7 Å². The fourth-order valence-corrected chi connectivity index (χ4v) is 3.34. The Labute approximate surface area is 125 Å². The van der Waals surface area contributed by atoms with E-state index in [2.05, 4.69) is 20.9 Å². The summed E-state index contributed by atoms with van der Waals surface area (Å²) in [5, 5.41) is 11.6. The molecule has 0 unspecified atom stereocenters. The third-order valence-electron chi connectivity index (χ3n) is 2.82. The summed E-state index contributed by atoms with van der Waals surface area (Å²) in [6.45, 7) is 0. The highest BCUT2D eigenvalue weighted by atomic mass is 79.9. The van der Waals surface area contributed by atoms with Crippen LogP contribution in [0.3, 0.4) is 0 Å². The maximum absolute atomic E-state index is 13.3. The molecule has 0 radical (unpaired) electrons. The predicted molar refractivity (Wildman–Crippen MR) is 79.7 cm³/mol. The summed E-state index contributed by atoms with van der Waals surface area (Å²) < 4.78 is 14.2. The zero-order chi connectivity index (χ0) is 14.3. The van der Waals surface area contributed by atoms with Crippen molar-refractivity contribution in [1.82, 2.24) is 4.98 Å². The molecule has 1 aromatic carbocycles. The SMILES string of the molecule is O=C(O)c1cc(-c2cc(Br)cs2)nc2cc(F)ccc12. The van der Waals surface area contributed by atoms with Crippen molar-refractivity contribution in [2.45, 2.75) is 0 Å². The number of fused-ring (bicyclic) bond motifs is 1. The number of aromatic nitrogens is 1. The van der Waals surface area contributed by atoms with E-state index in [1.54, 1.807) is 0 Å². The number of aromatic carboxylic acids is 1. The highest BCUT2D eigenvalue weighted by Crippen LogP contribution is 2.31. The van der Waals surface area contributed by atoms with Gasteiger partial charge in [-0.05, 0) is 40.2 Å². The molecule has 0 atom stereocenters. The Kier molecular flexibility index (Phi) is 3.27. The average Bonchev–Trinajstić information content (AvgIpc) is 2.83. The van der Waals surface area contributed by atoms with Gasteiger partial charge in [0.15, 0.2) is 0 Å². The van der Waals surface area contributed by atoms with E-state index in [4.69, 9.17) is 0 Å². The van der Waals surface area contributed by atoms with Gasteiger partial charge in [-0.1, -0.05) is 0 Å². The van der Waals surface area contributed by atoms with Gasteiger partial charge in [-0.25, -0.2) is 14.2 Å². The van der Waals surface area contributed by atoms with Gasteiger partial charge in [0.1, 0.15) is 5.82 Å². The number of carboxylic acid groups (broad SMARTS) is 1. The molecule has 3 rings (SSSR count). The van der Waals surface area contributed by atoms with Gasteiger partial charge in [0, 0.05) is 21.3 Å². The van der Waals surface area contributed by atoms with Gasteiger partial charge >= 0.3 is 5.97 Å². The van der Waals surface area contributed by atoms with E-state index in [1.807, 2.05) is 11.4 Å². The summed E-state index contributed by atoms with van der Waals surface area (Å²) in [7, 11) is 0. The van der Waals surface area contributed by atoms with Gasteiger partial charge in [-0.15, -0.1) is 11.3 Å². The largest absolute Gasteiger partial charge is 0.478 e. The molecule has 2 heterocycles. The number of hydrogen-bond donors (Lipinski definition) is 1. The average molecular weight is 352 g/mol. The second kappa shape index (κ2) is 4.96. The molecular weight excluding hydrogens is 345 g/mol. The van der Waals surface area contributed by atoms with Crippen LogP contribution in [-0.4, -0.2) is 16.1 Å². The first-order valence-electron chi connectivity index (χ1n) is 5.62. The molecule has 0 saturated heterocycles.